The molecular formula is C23H26F3N. The van der Waals surface area contributed by atoms with Crippen LogP contribution < -0.4 is 0 Å². The molecule has 0 bridgehead atoms. The highest BCUT2D eigenvalue weighted by atomic mass is 19.2. The van der Waals surface area contributed by atoms with E-state index in [0.717, 1.165) is 56.9 Å². The maximum atomic E-state index is 13.4. The third kappa shape index (κ3) is 5.48. The lowest BCUT2D eigenvalue weighted by molar-refractivity contribution is 0.346. The van der Waals surface area contributed by atoms with Crippen LogP contribution in [-0.4, -0.2) is 0 Å². The van der Waals surface area contributed by atoms with E-state index in [2.05, 4.69) is 12.2 Å². The number of nitriles is 1. The Labute approximate surface area is 159 Å². The van der Waals surface area contributed by atoms with Crippen LogP contribution in [0.25, 0.3) is 0 Å². The molecule has 3 rings (SSSR count). The van der Waals surface area contributed by atoms with Gasteiger partial charge in [-0.2, -0.15) is 9.65 Å². The standard InChI is InChI=1S/C23H26F3N/c24-21(15-27)13-18-5-3-16(4-6-18)1-2-17-7-9-19(10-8-17)20-11-12-22(25)23(26)14-20/h1-2,11-14,16-19H,3-10H2/b2-1+,21-13?. The summed E-state index contributed by atoms with van der Waals surface area (Å²) in [5, 5.41) is 8.52. The van der Waals surface area contributed by atoms with Gasteiger partial charge in [0.25, 0.3) is 0 Å². The summed E-state index contributed by atoms with van der Waals surface area (Å²) < 4.78 is 39.6. The maximum absolute atomic E-state index is 13.4. The summed E-state index contributed by atoms with van der Waals surface area (Å²) in [6.45, 7) is 0. The molecule has 0 aromatic heterocycles. The maximum Gasteiger partial charge on any atom is 0.196 e. The highest BCUT2D eigenvalue weighted by molar-refractivity contribution is 5.22. The third-order valence-corrected chi connectivity index (χ3v) is 6.15. The molecule has 2 saturated carbocycles. The van der Waals surface area contributed by atoms with Crippen LogP contribution in [0.4, 0.5) is 13.2 Å². The Bertz CT molecular complexity index is 730. The minimum absolute atomic E-state index is 0.195. The van der Waals surface area contributed by atoms with E-state index in [1.165, 1.54) is 18.2 Å². The van der Waals surface area contributed by atoms with Gasteiger partial charge in [-0.15, -0.1) is 0 Å². The molecule has 0 saturated heterocycles. The van der Waals surface area contributed by atoms with Crippen molar-refractivity contribution in [3.63, 3.8) is 0 Å². The number of hydrogen-bond acceptors (Lipinski definition) is 1. The first-order chi connectivity index (χ1) is 13.0. The zero-order valence-corrected chi connectivity index (χ0v) is 15.5. The van der Waals surface area contributed by atoms with Crippen LogP contribution in [-0.2, 0) is 0 Å². The fourth-order valence-corrected chi connectivity index (χ4v) is 4.47. The average molecular weight is 373 g/mol. The number of halogens is 3. The highest BCUT2D eigenvalue weighted by Crippen LogP contribution is 2.37. The topological polar surface area (TPSA) is 23.8 Å². The highest BCUT2D eigenvalue weighted by Gasteiger charge is 2.23. The second kappa shape index (κ2) is 9.26. The van der Waals surface area contributed by atoms with E-state index in [4.69, 9.17) is 5.26 Å². The molecule has 0 amide bonds. The summed E-state index contributed by atoms with van der Waals surface area (Å²) in [5.74, 6) is -0.580. The summed E-state index contributed by atoms with van der Waals surface area (Å²) in [5.41, 5.74) is 0.910. The van der Waals surface area contributed by atoms with Crippen LogP contribution in [0.1, 0.15) is 62.8 Å². The molecule has 27 heavy (non-hydrogen) atoms. The van der Waals surface area contributed by atoms with Crippen LogP contribution in [0.15, 0.2) is 42.3 Å². The van der Waals surface area contributed by atoms with Crippen molar-refractivity contribution < 1.29 is 13.2 Å². The number of benzene rings is 1. The smallest absolute Gasteiger partial charge is 0.196 e. The Balaban J connectivity index is 1.44. The predicted octanol–water partition coefficient (Wildman–Crippen LogP) is 6.98. The SMILES string of the molecule is N#CC(F)=CC1CCC(/C=C/C2CCC(c3ccc(F)c(F)c3)CC2)CC1. The lowest BCUT2D eigenvalue weighted by Gasteiger charge is -2.28. The Morgan fingerprint density at radius 3 is 1.96 bits per heavy atom. The minimum Gasteiger partial charge on any atom is -0.204 e. The number of nitrogens with zero attached hydrogens (tertiary/aromatic N) is 1. The van der Waals surface area contributed by atoms with Crippen molar-refractivity contribution in [1.82, 2.24) is 0 Å². The lowest BCUT2D eigenvalue weighted by atomic mass is 9.77. The van der Waals surface area contributed by atoms with Crippen molar-refractivity contribution >= 4 is 0 Å². The van der Waals surface area contributed by atoms with E-state index in [-0.39, 0.29) is 5.92 Å². The van der Waals surface area contributed by atoms with Gasteiger partial charge in [-0.05, 0) is 98.8 Å². The van der Waals surface area contributed by atoms with E-state index >= 15 is 0 Å². The van der Waals surface area contributed by atoms with Gasteiger partial charge in [-0.1, -0.05) is 18.2 Å². The first-order valence-electron chi connectivity index (χ1n) is 9.96. The van der Waals surface area contributed by atoms with Crippen molar-refractivity contribution in [2.45, 2.75) is 57.3 Å². The van der Waals surface area contributed by atoms with Crippen molar-refractivity contribution in [3.05, 3.63) is 59.5 Å². The van der Waals surface area contributed by atoms with Gasteiger partial charge in [-0.3, -0.25) is 0 Å². The summed E-state index contributed by atoms with van der Waals surface area (Å²) in [6.07, 6.45) is 14.2. The monoisotopic (exact) mass is 373 g/mol. The van der Waals surface area contributed by atoms with E-state index in [1.54, 1.807) is 12.1 Å². The Morgan fingerprint density at radius 1 is 0.852 bits per heavy atom. The molecule has 0 radical (unpaired) electrons. The first-order valence-corrected chi connectivity index (χ1v) is 9.96. The molecule has 0 atom stereocenters. The van der Waals surface area contributed by atoms with Gasteiger partial charge in [0.05, 0.1) is 0 Å². The number of rotatable bonds is 4. The van der Waals surface area contributed by atoms with Gasteiger partial charge >= 0.3 is 0 Å². The van der Waals surface area contributed by atoms with Gasteiger partial charge in [0.2, 0.25) is 0 Å². The molecule has 4 heteroatoms. The molecular weight excluding hydrogens is 347 g/mol. The van der Waals surface area contributed by atoms with E-state index < -0.39 is 17.5 Å². The molecule has 144 valence electrons. The van der Waals surface area contributed by atoms with Gasteiger partial charge < -0.3 is 0 Å². The minimum atomic E-state index is -0.782. The molecule has 1 aromatic carbocycles. The Kier molecular flexibility index (Phi) is 6.77. The second-order valence-corrected chi connectivity index (χ2v) is 7.97. The predicted molar refractivity (Wildman–Crippen MR) is 100 cm³/mol. The molecule has 1 nitrogen and oxygen atoms in total. The third-order valence-electron chi connectivity index (χ3n) is 6.15. The lowest BCUT2D eigenvalue weighted by Crippen LogP contribution is -2.14. The second-order valence-electron chi connectivity index (χ2n) is 7.97. The summed E-state index contributed by atoms with van der Waals surface area (Å²) in [7, 11) is 0. The molecule has 0 N–H and O–H groups in total. The van der Waals surface area contributed by atoms with Crippen molar-refractivity contribution in [2.24, 2.45) is 17.8 Å². The van der Waals surface area contributed by atoms with Gasteiger partial charge in [0.15, 0.2) is 17.5 Å². The summed E-state index contributed by atoms with van der Waals surface area (Å²) in [6, 6.07) is 5.84. The fourth-order valence-electron chi connectivity index (χ4n) is 4.47. The molecule has 2 aliphatic rings. The average Bonchev–Trinajstić information content (AvgIpc) is 2.70. The van der Waals surface area contributed by atoms with Crippen molar-refractivity contribution in [2.75, 3.05) is 0 Å². The Morgan fingerprint density at radius 2 is 1.41 bits per heavy atom. The summed E-state index contributed by atoms with van der Waals surface area (Å²) >= 11 is 0. The van der Waals surface area contributed by atoms with Gasteiger partial charge in [0, 0.05) is 0 Å². The largest absolute Gasteiger partial charge is 0.204 e. The van der Waals surface area contributed by atoms with Crippen LogP contribution >= 0.6 is 0 Å². The molecule has 0 unspecified atom stereocenters. The molecule has 0 spiro atoms. The normalized spacial score (nSPS) is 29.6. The van der Waals surface area contributed by atoms with Crippen molar-refractivity contribution in [3.8, 4) is 6.07 Å². The summed E-state index contributed by atoms with van der Waals surface area (Å²) in [4.78, 5) is 0. The number of hydrogen-bond donors (Lipinski definition) is 0. The molecule has 0 heterocycles. The Hall–Kier alpha value is -2.02. The zero-order valence-electron chi connectivity index (χ0n) is 15.5. The van der Waals surface area contributed by atoms with Crippen LogP contribution in [0.3, 0.4) is 0 Å². The van der Waals surface area contributed by atoms with E-state index in [0.29, 0.717) is 17.8 Å². The van der Waals surface area contributed by atoms with E-state index in [9.17, 15) is 13.2 Å². The van der Waals surface area contributed by atoms with Crippen LogP contribution in [0.2, 0.25) is 0 Å². The number of allylic oxidation sites excluding steroid dienone is 4. The van der Waals surface area contributed by atoms with Gasteiger partial charge in [-0.25, -0.2) is 8.78 Å². The van der Waals surface area contributed by atoms with Gasteiger partial charge in [0.1, 0.15) is 6.07 Å². The first kappa shape index (κ1) is 19.7. The quantitative estimate of drug-likeness (QED) is 0.413. The van der Waals surface area contributed by atoms with Crippen LogP contribution in [0, 0.1) is 40.7 Å². The van der Waals surface area contributed by atoms with Crippen LogP contribution in [0.5, 0.6) is 0 Å². The fraction of sp³-hybridized carbons (Fsp3) is 0.522. The van der Waals surface area contributed by atoms with Crippen molar-refractivity contribution in [1.29, 1.82) is 5.26 Å². The molecule has 1 aromatic rings. The molecule has 2 aliphatic carbocycles. The molecule has 0 aliphatic heterocycles. The van der Waals surface area contributed by atoms with E-state index in [1.807, 2.05) is 0 Å². The molecule has 2 fully saturated rings. The zero-order chi connectivity index (χ0) is 19.2.